The summed E-state index contributed by atoms with van der Waals surface area (Å²) in [7, 11) is 0. The average Bonchev–Trinajstić information content (AvgIpc) is 2.71. The number of carbonyl (C=O) groups is 3. The Balaban J connectivity index is 1.65. The number of nitrogens with one attached hydrogen (secondary N) is 1. The van der Waals surface area contributed by atoms with Crippen molar-refractivity contribution in [1.29, 1.82) is 0 Å². The molecular weight excluding hydrogens is 370 g/mol. The molecule has 6 heteroatoms. The quantitative estimate of drug-likeness (QED) is 0.491. The number of ketones is 1. The van der Waals surface area contributed by atoms with Gasteiger partial charge in [0.1, 0.15) is 5.75 Å². The van der Waals surface area contributed by atoms with Crippen molar-refractivity contribution in [3.8, 4) is 5.75 Å². The van der Waals surface area contributed by atoms with Gasteiger partial charge in [-0.15, -0.1) is 0 Å². The average molecular weight is 397 g/mol. The number of ether oxygens (including phenoxy) is 2. The number of carbonyl (C=O) groups excluding carboxylic acids is 3. The molecule has 0 spiro atoms. The highest BCUT2D eigenvalue weighted by molar-refractivity contribution is 5.94. The van der Waals surface area contributed by atoms with E-state index in [0.29, 0.717) is 30.2 Å². The van der Waals surface area contributed by atoms with Gasteiger partial charge < -0.3 is 14.8 Å². The van der Waals surface area contributed by atoms with Crippen LogP contribution in [0.1, 0.15) is 48.2 Å². The number of Topliss-reactive ketones (excluding diaryl/α,β-unsaturated/α-hetero) is 1. The van der Waals surface area contributed by atoms with Gasteiger partial charge in [0, 0.05) is 12.1 Å². The van der Waals surface area contributed by atoms with E-state index in [1.807, 2.05) is 0 Å². The summed E-state index contributed by atoms with van der Waals surface area (Å²) < 4.78 is 10.2. The molecule has 0 aliphatic carbocycles. The minimum atomic E-state index is -0.655. The third-order valence-electron chi connectivity index (χ3n) is 4.34. The van der Waals surface area contributed by atoms with Crippen LogP contribution in [0.4, 0.5) is 0 Å². The lowest BCUT2D eigenvalue weighted by atomic mass is 10.0. The molecule has 6 nitrogen and oxygen atoms in total. The SMILES string of the molecule is CC(=O)c1cccc(OCC(=O)OCC(=O)NCCc2ccc(C(C)C)cc2)c1. The Morgan fingerprint density at radius 2 is 1.72 bits per heavy atom. The van der Waals surface area contributed by atoms with E-state index in [4.69, 9.17) is 9.47 Å². The first-order valence-electron chi connectivity index (χ1n) is 9.60. The summed E-state index contributed by atoms with van der Waals surface area (Å²) in [6, 6.07) is 14.8. The fraction of sp³-hybridized carbons (Fsp3) is 0.348. The van der Waals surface area contributed by atoms with E-state index in [9.17, 15) is 14.4 Å². The smallest absolute Gasteiger partial charge is 0.344 e. The van der Waals surface area contributed by atoms with Crippen LogP contribution in [-0.2, 0) is 20.7 Å². The second kappa shape index (κ2) is 11.0. The Morgan fingerprint density at radius 1 is 1.00 bits per heavy atom. The number of hydrogen-bond acceptors (Lipinski definition) is 5. The molecule has 154 valence electrons. The maximum Gasteiger partial charge on any atom is 0.344 e. The van der Waals surface area contributed by atoms with E-state index in [-0.39, 0.29) is 24.9 Å². The lowest BCUT2D eigenvalue weighted by molar-refractivity contribution is -0.150. The number of benzene rings is 2. The van der Waals surface area contributed by atoms with E-state index >= 15 is 0 Å². The fourth-order valence-electron chi connectivity index (χ4n) is 2.60. The van der Waals surface area contributed by atoms with Gasteiger partial charge in [0.25, 0.3) is 5.91 Å². The van der Waals surface area contributed by atoms with Crippen LogP contribution >= 0.6 is 0 Å². The van der Waals surface area contributed by atoms with Gasteiger partial charge in [-0.25, -0.2) is 4.79 Å². The molecule has 0 aromatic heterocycles. The highest BCUT2D eigenvalue weighted by Crippen LogP contribution is 2.15. The highest BCUT2D eigenvalue weighted by atomic mass is 16.6. The van der Waals surface area contributed by atoms with Crippen LogP contribution in [0.15, 0.2) is 48.5 Å². The zero-order valence-corrected chi connectivity index (χ0v) is 17.1. The lowest BCUT2D eigenvalue weighted by Crippen LogP contribution is -2.31. The van der Waals surface area contributed by atoms with Crippen molar-refractivity contribution in [2.24, 2.45) is 0 Å². The number of hydrogen-bond donors (Lipinski definition) is 1. The van der Waals surface area contributed by atoms with Crippen LogP contribution in [0.5, 0.6) is 5.75 Å². The summed E-state index contributed by atoms with van der Waals surface area (Å²) in [5.74, 6) is -0.234. The highest BCUT2D eigenvalue weighted by Gasteiger charge is 2.09. The number of amides is 1. The second-order valence-corrected chi connectivity index (χ2v) is 7.03. The van der Waals surface area contributed by atoms with Gasteiger partial charge in [0.05, 0.1) is 0 Å². The second-order valence-electron chi connectivity index (χ2n) is 7.03. The third-order valence-corrected chi connectivity index (χ3v) is 4.34. The van der Waals surface area contributed by atoms with E-state index in [2.05, 4.69) is 43.4 Å². The summed E-state index contributed by atoms with van der Waals surface area (Å²) >= 11 is 0. The standard InChI is InChI=1S/C23H27NO5/c1-16(2)19-9-7-18(8-10-19)11-12-24-22(26)14-29-23(27)15-28-21-6-4-5-20(13-21)17(3)25/h4-10,13,16H,11-12,14-15H2,1-3H3,(H,24,26). The molecule has 2 rings (SSSR count). The van der Waals surface area contributed by atoms with Crippen molar-refractivity contribution in [1.82, 2.24) is 5.32 Å². The topological polar surface area (TPSA) is 81.7 Å². The van der Waals surface area contributed by atoms with Crippen molar-refractivity contribution in [3.63, 3.8) is 0 Å². The molecule has 0 unspecified atom stereocenters. The molecule has 0 aliphatic rings. The van der Waals surface area contributed by atoms with Crippen LogP contribution in [0, 0.1) is 0 Å². The van der Waals surface area contributed by atoms with Gasteiger partial charge >= 0.3 is 5.97 Å². The van der Waals surface area contributed by atoms with E-state index in [1.54, 1.807) is 24.3 Å². The van der Waals surface area contributed by atoms with Crippen LogP contribution in [-0.4, -0.2) is 37.4 Å². The van der Waals surface area contributed by atoms with E-state index in [1.165, 1.54) is 12.5 Å². The number of rotatable bonds is 10. The summed E-state index contributed by atoms with van der Waals surface area (Å²) in [4.78, 5) is 34.9. The monoisotopic (exact) mass is 397 g/mol. The summed E-state index contributed by atoms with van der Waals surface area (Å²) in [6.45, 7) is 5.51. The van der Waals surface area contributed by atoms with Gasteiger partial charge in [-0.1, -0.05) is 50.2 Å². The van der Waals surface area contributed by atoms with Crippen molar-refractivity contribution in [3.05, 3.63) is 65.2 Å². The van der Waals surface area contributed by atoms with Crippen LogP contribution < -0.4 is 10.1 Å². The Bertz CT molecular complexity index is 843. The van der Waals surface area contributed by atoms with Gasteiger partial charge in [-0.3, -0.25) is 9.59 Å². The van der Waals surface area contributed by atoms with Crippen molar-refractivity contribution in [2.75, 3.05) is 19.8 Å². The molecule has 0 heterocycles. The Morgan fingerprint density at radius 3 is 2.38 bits per heavy atom. The van der Waals surface area contributed by atoms with Crippen molar-refractivity contribution in [2.45, 2.75) is 33.1 Å². The predicted molar refractivity (Wildman–Crippen MR) is 110 cm³/mol. The summed E-state index contributed by atoms with van der Waals surface area (Å²) in [5.41, 5.74) is 2.90. The van der Waals surface area contributed by atoms with Gasteiger partial charge in [-0.05, 0) is 42.5 Å². The first kappa shape index (κ1) is 22.1. The molecule has 0 aliphatic heterocycles. The molecule has 1 amide bonds. The summed E-state index contributed by atoms with van der Waals surface area (Å²) in [5, 5.41) is 2.72. The minimum Gasteiger partial charge on any atom is -0.482 e. The predicted octanol–water partition coefficient (Wildman–Crippen LogP) is 3.29. The van der Waals surface area contributed by atoms with Crippen LogP contribution in [0.3, 0.4) is 0 Å². The summed E-state index contributed by atoms with van der Waals surface area (Å²) in [6.07, 6.45) is 0.702. The molecule has 2 aromatic carbocycles. The molecule has 0 saturated carbocycles. The first-order valence-corrected chi connectivity index (χ1v) is 9.60. The molecule has 1 N–H and O–H groups in total. The van der Waals surface area contributed by atoms with E-state index < -0.39 is 5.97 Å². The van der Waals surface area contributed by atoms with Crippen molar-refractivity contribution >= 4 is 17.7 Å². The maximum absolute atomic E-state index is 11.8. The third kappa shape index (κ3) is 7.78. The Kier molecular flexibility index (Phi) is 8.40. The molecule has 29 heavy (non-hydrogen) atoms. The molecule has 0 fully saturated rings. The maximum atomic E-state index is 11.8. The van der Waals surface area contributed by atoms with E-state index in [0.717, 1.165) is 5.56 Å². The molecule has 0 radical (unpaired) electrons. The zero-order chi connectivity index (χ0) is 21.2. The Hall–Kier alpha value is -3.15. The molecular formula is C23H27NO5. The Labute approximate surface area is 171 Å². The first-order chi connectivity index (χ1) is 13.8. The zero-order valence-electron chi connectivity index (χ0n) is 17.1. The van der Waals surface area contributed by atoms with Gasteiger partial charge in [-0.2, -0.15) is 0 Å². The molecule has 0 saturated heterocycles. The molecule has 2 aromatic rings. The van der Waals surface area contributed by atoms with Gasteiger partial charge in [0.2, 0.25) is 0 Å². The normalized spacial score (nSPS) is 10.5. The van der Waals surface area contributed by atoms with Crippen LogP contribution in [0.2, 0.25) is 0 Å². The fourth-order valence-corrected chi connectivity index (χ4v) is 2.60. The number of esters is 1. The molecule has 0 atom stereocenters. The molecule has 0 bridgehead atoms. The lowest BCUT2D eigenvalue weighted by Gasteiger charge is -2.09. The van der Waals surface area contributed by atoms with Gasteiger partial charge in [0.15, 0.2) is 19.0 Å². The van der Waals surface area contributed by atoms with Crippen molar-refractivity contribution < 1.29 is 23.9 Å². The minimum absolute atomic E-state index is 0.0921. The largest absolute Gasteiger partial charge is 0.482 e. The van der Waals surface area contributed by atoms with Crippen LogP contribution in [0.25, 0.3) is 0 Å².